The van der Waals surface area contributed by atoms with Crippen LogP contribution in [0.1, 0.15) is 15.9 Å². The highest BCUT2D eigenvalue weighted by atomic mass is 35.5. The van der Waals surface area contributed by atoms with E-state index in [0.29, 0.717) is 0 Å². The lowest BCUT2D eigenvalue weighted by molar-refractivity contribution is 0.102. The smallest absolute Gasteiger partial charge is 0.257 e. The van der Waals surface area contributed by atoms with Gasteiger partial charge in [0.05, 0.1) is 10.6 Å². The number of amides is 1. The van der Waals surface area contributed by atoms with E-state index < -0.39 is 23.2 Å². The fourth-order valence-corrected chi connectivity index (χ4v) is 1.92. The van der Waals surface area contributed by atoms with Crippen LogP contribution in [0.25, 0.3) is 0 Å². The second-order valence-electron chi connectivity index (χ2n) is 4.03. The van der Waals surface area contributed by atoms with Gasteiger partial charge >= 0.3 is 0 Å². The van der Waals surface area contributed by atoms with Gasteiger partial charge < -0.3 is 5.32 Å². The van der Waals surface area contributed by atoms with Gasteiger partial charge in [0, 0.05) is 0 Å². The molecular weight excluding hydrogens is 272 g/mol. The Bertz CT molecular complexity index is 623. The summed E-state index contributed by atoms with van der Waals surface area (Å²) in [5, 5.41) is 2.41. The Morgan fingerprint density at radius 2 is 1.79 bits per heavy atom. The van der Waals surface area contributed by atoms with Crippen LogP contribution in [0.15, 0.2) is 36.4 Å². The van der Waals surface area contributed by atoms with E-state index in [1.165, 1.54) is 12.1 Å². The van der Waals surface area contributed by atoms with Crippen LogP contribution in [0, 0.1) is 18.6 Å². The van der Waals surface area contributed by atoms with Crippen molar-refractivity contribution in [3.05, 3.63) is 64.2 Å². The molecule has 2 rings (SSSR count). The summed E-state index contributed by atoms with van der Waals surface area (Å²) in [6, 6.07) is 8.16. The normalized spacial score (nSPS) is 10.3. The summed E-state index contributed by atoms with van der Waals surface area (Å²) >= 11 is 5.92. The van der Waals surface area contributed by atoms with Gasteiger partial charge in [-0.1, -0.05) is 23.7 Å². The molecule has 98 valence electrons. The van der Waals surface area contributed by atoms with E-state index in [1.807, 2.05) is 6.92 Å². The number of carbonyl (C=O) groups excluding carboxylic acids is 1. The molecule has 0 radical (unpaired) electrons. The first kappa shape index (κ1) is 13.5. The molecule has 1 N–H and O–H groups in total. The van der Waals surface area contributed by atoms with Gasteiger partial charge in [0.2, 0.25) is 0 Å². The van der Waals surface area contributed by atoms with Crippen molar-refractivity contribution in [2.75, 3.05) is 5.32 Å². The lowest BCUT2D eigenvalue weighted by atomic mass is 10.1. The predicted molar refractivity (Wildman–Crippen MR) is 70.5 cm³/mol. The van der Waals surface area contributed by atoms with Gasteiger partial charge in [0.15, 0.2) is 0 Å². The van der Waals surface area contributed by atoms with E-state index in [2.05, 4.69) is 5.32 Å². The lowest BCUT2D eigenvalue weighted by Crippen LogP contribution is -2.14. The number of para-hydroxylation sites is 1. The first-order chi connectivity index (χ1) is 8.99. The molecule has 0 aromatic heterocycles. The van der Waals surface area contributed by atoms with Crippen LogP contribution in [0.2, 0.25) is 5.02 Å². The zero-order chi connectivity index (χ0) is 14.0. The molecule has 0 saturated heterocycles. The van der Waals surface area contributed by atoms with E-state index in [0.717, 1.165) is 17.7 Å². The van der Waals surface area contributed by atoms with Gasteiger partial charge in [-0.15, -0.1) is 0 Å². The maximum Gasteiger partial charge on any atom is 0.257 e. The third-order valence-corrected chi connectivity index (χ3v) is 2.88. The number of benzene rings is 2. The largest absolute Gasteiger partial charge is 0.317 e. The van der Waals surface area contributed by atoms with Crippen molar-refractivity contribution in [1.29, 1.82) is 0 Å². The molecule has 19 heavy (non-hydrogen) atoms. The van der Waals surface area contributed by atoms with Crippen LogP contribution in [0.4, 0.5) is 14.5 Å². The summed E-state index contributed by atoms with van der Waals surface area (Å²) in [7, 11) is 0. The maximum atomic E-state index is 13.4. The first-order valence-corrected chi connectivity index (χ1v) is 5.88. The summed E-state index contributed by atoms with van der Waals surface area (Å²) in [5.41, 5.74) is 0.567. The van der Waals surface area contributed by atoms with Crippen molar-refractivity contribution in [2.24, 2.45) is 0 Å². The van der Waals surface area contributed by atoms with Crippen LogP contribution < -0.4 is 5.32 Å². The van der Waals surface area contributed by atoms with Crippen molar-refractivity contribution in [3.8, 4) is 0 Å². The minimum absolute atomic E-state index is 0.162. The Balaban J connectivity index is 2.31. The Morgan fingerprint density at radius 3 is 2.37 bits per heavy atom. The van der Waals surface area contributed by atoms with Crippen molar-refractivity contribution < 1.29 is 13.6 Å². The number of carbonyl (C=O) groups is 1. The second kappa shape index (κ2) is 5.36. The molecule has 0 aliphatic rings. The highest BCUT2D eigenvalue weighted by Crippen LogP contribution is 2.22. The minimum Gasteiger partial charge on any atom is -0.317 e. The maximum absolute atomic E-state index is 13.4. The zero-order valence-electron chi connectivity index (χ0n) is 10.0. The van der Waals surface area contributed by atoms with Crippen molar-refractivity contribution in [3.63, 3.8) is 0 Å². The Morgan fingerprint density at radius 1 is 1.16 bits per heavy atom. The minimum atomic E-state index is -0.836. The van der Waals surface area contributed by atoms with Gasteiger partial charge in [-0.05, 0) is 36.8 Å². The topological polar surface area (TPSA) is 29.1 Å². The SMILES string of the molecule is Cc1ccc(C(=O)Nc2c(F)cccc2F)c(Cl)c1. The Labute approximate surface area is 114 Å². The van der Waals surface area contributed by atoms with Crippen LogP contribution in [0.3, 0.4) is 0 Å². The highest BCUT2D eigenvalue weighted by Gasteiger charge is 2.15. The van der Waals surface area contributed by atoms with Gasteiger partial charge in [-0.2, -0.15) is 0 Å². The van der Waals surface area contributed by atoms with E-state index in [-0.39, 0.29) is 10.6 Å². The summed E-state index contributed by atoms with van der Waals surface area (Å²) in [5.74, 6) is -2.33. The highest BCUT2D eigenvalue weighted by molar-refractivity contribution is 6.34. The van der Waals surface area contributed by atoms with Crippen molar-refractivity contribution in [2.45, 2.75) is 6.92 Å². The second-order valence-corrected chi connectivity index (χ2v) is 4.44. The molecule has 0 heterocycles. The molecule has 0 aliphatic carbocycles. The summed E-state index contributed by atoms with van der Waals surface area (Å²) < 4.78 is 26.8. The van der Waals surface area contributed by atoms with Crippen LogP contribution >= 0.6 is 11.6 Å². The fraction of sp³-hybridized carbons (Fsp3) is 0.0714. The van der Waals surface area contributed by atoms with Crippen LogP contribution in [-0.2, 0) is 0 Å². The quantitative estimate of drug-likeness (QED) is 0.879. The van der Waals surface area contributed by atoms with E-state index >= 15 is 0 Å². The van der Waals surface area contributed by atoms with E-state index in [4.69, 9.17) is 11.6 Å². The molecule has 0 saturated carbocycles. The number of anilines is 1. The molecule has 2 aromatic carbocycles. The molecule has 0 bridgehead atoms. The number of rotatable bonds is 2. The summed E-state index contributed by atoms with van der Waals surface area (Å²) in [6.45, 7) is 1.82. The van der Waals surface area contributed by atoms with Gasteiger partial charge in [-0.25, -0.2) is 8.78 Å². The molecular formula is C14H10ClF2NO. The molecule has 0 fully saturated rings. The molecule has 2 nitrogen and oxygen atoms in total. The molecule has 0 aliphatic heterocycles. The average Bonchev–Trinajstić information content (AvgIpc) is 2.33. The summed E-state index contributed by atoms with van der Waals surface area (Å²) in [4.78, 5) is 11.9. The molecule has 0 atom stereocenters. The van der Waals surface area contributed by atoms with E-state index in [1.54, 1.807) is 12.1 Å². The Kier molecular flexibility index (Phi) is 3.81. The average molecular weight is 282 g/mol. The Hall–Kier alpha value is -1.94. The molecule has 1 amide bonds. The number of aryl methyl sites for hydroxylation is 1. The van der Waals surface area contributed by atoms with Crippen LogP contribution in [0.5, 0.6) is 0 Å². The third kappa shape index (κ3) is 2.90. The first-order valence-electron chi connectivity index (χ1n) is 5.50. The fourth-order valence-electron chi connectivity index (χ4n) is 1.60. The molecule has 0 unspecified atom stereocenters. The van der Waals surface area contributed by atoms with Gasteiger partial charge in [0.1, 0.15) is 17.3 Å². The molecule has 5 heteroatoms. The molecule has 2 aromatic rings. The summed E-state index contributed by atoms with van der Waals surface area (Å²) in [6.07, 6.45) is 0. The van der Waals surface area contributed by atoms with Crippen molar-refractivity contribution in [1.82, 2.24) is 0 Å². The van der Waals surface area contributed by atoms with Crippen LogP contribution in [-0.4, -0.2) is 5.91 Å². The van der Waals surface area contributed by atoms with E-state index in [9.17, 15) is 13.6 Å². The lowest BCUT2D eigenvalue weighted by Gasteiger charge is -2.09. The third-order valence-electron chi connectivity index (χ3n) is 2.57. The molecule has 0 spiro atoms. The van der Waals surface area contributed by atoms with Gasteiger partial charge in [-0.3, -0.25) is 4.79 Å². The number of hydrogen-bond acceptors (Lipinski definition) is 1. The standard InChI is InChI=1S/C14H10ClF2NO/c1-8-5-6-9(10(15)7-8)14(19)18-13-11(16)3-2-4-12(13)17/h2-7H,1H3,(H,18,19). The van der Waals surface area contributed by atoms with Crippen molar-refractivity contribution >= 4 is 23.2 Å². The number of hydrogen-bond donors (Lipinski definition) is 1. The zero-order valence-corrected chi connectivity index (χ0v) is 10.8. The number of halogens is 3. The van der Waals surface area contributed by atoms with Gasteiger partial charge in [0.25, 0.3) is 5.91 Å². The monoisotopic (exact) mass is 281 g/mol. The predicted octanol–water partition coefficient (Wildman–Crippen LogP) is 4.18. The number of nitrogens with one attached hydrogen (secondary N) is 1.